The third kappa shape index (κ3) is 6.26. The van der Waals surface area contributed by atoms with E-state index in [1.807, 2.05) is 60.7 Å². The molecule has 1 N–H and O–H groups in total. The summed E-state index contributed by atoms with van der Waals surface area (Å²) in [6, 6.07) is 15.7. The van der Waals surface area contributed by atoms with Crippen LogP contribution in [0.5, 0.6) is 11.5 Å². The number of nitrogens with one attached hydrogen (secondary N) is 1. The van der Waals surface area contributed by atoms with Gasteiger partial charge in [0.25, 0.3) is 5.24 Å². The molecule has 1 fully saturated rings. The lowest BCUT2D eigenvalue weighted by atomic mass is 10.1. The number of nitrogens with zero attached hydrogens (tertiary/aromatic N) is 1. The molecule has 33 heavy (non-hydrogen) atoms. The minimum absolute atomic E-state index is 0.196. The Morgan fingerprint density at radius 3 is 2.73 bits per heavy atom. The van der Waals surface area contributed by atoms with Crippen molar-refractivity contribution < 1.29 is 23.5 Å². The van der Waals surface area contributed by atoms with Gasteiger partial charge in [0.1, 0.15) is 18.6 Å². The highest BCUT2D eigenvalue weighted by molar-refractivity contribution is 8.15. The van der Waals surface area contributed by atoms with E-state index in [1.165, 1.54) is 0 Å². The van der Waals surface area contributed by atoms with Gasteiger partial charge in [-0.25, -0.2) is 4.98 Å². The molecule has 7 nitrogen and oxygen atoms in total. The van der Waals surface area contributed by atoms with Crippen LogP contribution in [0.4, 0.5) is 4.79 Å². The molecule has 0 aliphatic carbocycles. The van der Waals surface area contributed by atoms with Crippen molar-refractivity contribution >= 4 is 35.1 Å². The van der Waals surface area contributed by atoms with Crippen molar-refractivity contribution in [1.82, 2.24) is 10.3 Å². The number of rotatable bonds is 10. The van der Waals surface area contributed by atoms with E-state index in [0.29, 0.717) is 29.5 Å². The molecule has 1 aliphatic rings. The van der Waals surface area contributed by atoms with E-state index in [4.69, 9.17) is 13.9 Å². The zero-order valence-electron chi connectivity index (χ0n) is 18.2. The predicted octanol–water partition coefficient (Wildman–Crippen LogP) is 5.11. The van der Waals surface area contributed by atoms with Crippen molar-refractivity contribution in [1.29, 1.82) is 0 Å². The number of carbonyl (C=O) groups excluding carboxylic acids is 2. The first-order valence-corrected chi connectivity index (χ1v) is 11.5. The van der Waals surface area contributed by atoms with E-state index in [0.717, 1.165) is 35.7 Å². The first-order chi connectivity index (χ1) is 16.1. The van der Waals surface area contributed by atoms with Gasteiger partial charge in [0.05, 0.1) is 12.4 Å². The number of hydrogen-bond acceptors (Lipinski definition) is 7. The maximum Gasteiger partial charge on any atom is 0.286 e. The SMILES string of the molecule is COc1cc(CCCC2SC(=O)NC2=O)ccc1OCc1coc(/C=C/c2ccccc2)n1. The first kappa shape index (κ1) is 22.7. The molecule has 2 aromatic carbocycles. The fraction of sp³-hybridized carbons (Fsp3) is 0.240. The molecule has 1 unspecified atom stereocenters. The van der Waals surface area contributed by atoms with E-state index in [1.54, 1.807) is 13.4 Å². The molecule has 1 atom stereocenters. The largest absolute Gasteiger partial charge is 0.493 e. The van der Waals surface area contributed by atoms with Crippen LogP contribution in [0.1, 0.15) is 35.6 Å². The predicted molar refractivity (Wildman–Crippen MR) is 127 cm³/mol. The van der Waals surface area contributed by atoms with Gasteiger partial charge in [0.15, 0.2) is 11.5 Å². The lowest BCUT2D eigenvalue weighted by molar-refractivity contribution is -0.119. The highest BCUT2D eigenvalue weighted by Gasteiger charge is 2.30. The first-order valence-electron chi connectivity index (χ1n) is 10.6. The van der Waals surface area contributed by atoms with Gasteiger partial charge < -0.3 is 13.9 Å². The van der Waals surface area contributed by atoms with Crippen LogP contribution in [0.3, 0.4) is 0 Å². The molecule has 8 heteroatoms. The van der Waals surface area contributed by atoms with Crippen LogP contribution >= 0.6 is 11.8 Å². The monoisotopic (exact) mass is 464 g/mol. The van der Waals surface area contributed by atoms with Gasteiger partial charge in [-0.3, -0.25) is 14.9 Å². The molecular formula is C25H24N2O5S. The molecule has 1 aromatic heterocycles. The summed E-state index contributed by atoms with van der Waals surface area (Å²) in [6.45, 7) is 0.250. The van der Waals surface area contributed by atoms with Crippen molar-refractivity contribution in [3.63, 3.8) is 0 Å². The Balaban J connectivity index is 1.29. The van der Waals surface area contributed by atoms with Crippen molar-refractivity contribution in [3.05, 3.63) is 77.5 Å². The van der Waals surface area contributed by atoms with E-state index in [9.17, 15) is 9.59 Å². The average molecular weight is 465 g/mol. The number of aromatic nitrogens is 1. The smallest absolute Gasteiger partial charge is 0.286 e. The molecule has 170 valence electrons. The number of ether oxygens (including phenoxy) is 2. The number of methoxy groups -OCH3 is 1. The number of hydrogen-bond donors (Lipinski definition) is 1. The molecule has 4 rings (SSSR count). The van der Waals surface area contributed by atoms with Crippen molar-refractivity contribution in [2.75, 3.05) is 7.11 Å². The number of benzene rings is 2. The Hall–Kier alpha value is -3.52. The van der Waals surface area contributed by atoms with Gasteiger partial charge in [0, 0.05) is 6.08 Å². The van der Waals surface area contributed by atoms with Crippen LogP contribution in [0, 0.1) is 0 Å². The third-order valence-electron chi connectivity index (χ3n) is 5.09. The van der Waals surface area contributed by atoms with Crippen LogP contribution < -0.4 is 14.8 Å². The van der Waals surface area contributed by atoms with E-state index in [2.05, 4.69) is 10.3 Å². The molecule has 2 heterocycles. The fourth-order valence-corrected chi connectivity index (χ4v) is 4.28. The van der Waals surface area contributed by atoms with Gasteiger partial charge in [-0.15, -0.1) is 0 Å². The number of carbonyl (C=O) groups is 2. The topological polar surface area (TPSA) is 90.7 Å². The second kappa shape index (κ2) is 10.9. The summed E-state index contributed by atoms with van der Waals surface area (Å²) in [7, 11) is 1.60. The molecule has 0 saturated carbocycles. The second-order valence-corrected chi connectivity index (χ2v) is 8.65. The highest BCUT2D eigenvalue weighted by Crippen LogP contribution is 2.30. The molecule has 3 aromatic rings. The normalized spacial score (nSPS) is 15.7. The maximum absolute atomic E-state index is 11.7. The van der Waals surface area contributed by atoms with E-state index in [-0.39, 0.29) is 23.0 Å². The number of amides is 2. The highest BCUT2D eigenvalue weighted by atomic mass is 32.2. The minimum Gasteiger partial charge on any atom is -0.493 e. The van der Waals surface area contributed by atoms with E-state index >= 15 is 0 Å². The Labute approximate surface area is 196 Å². The fourth-order valence-electron chi connectivity index (χ4n) is 3.41. The molecular weight excluding hydrogens is 440 g/mol. The lowest BCUT2D eigenvalue weighted by Gasteiger charge is -2.12. The summed E-state index contributed by atoms with van der Waals surface area (Å²) in [5, 5.41) is 1.76. The quantitative estimate of drug-likeness (QED) is 0.446. The summed E-state index contributed by atoms with van der Waals surface area (Å²) in [6.07, 6.45) is 7.55. The zero-order valence-corrected chi connectivity index (χ0v) is 19.0. The molecule has 0 bridgehead atoms. The van der Waals surface area contributed by atoms with Gasteiger partial charge in [-0.05, 0) is 48.6 Å². The lowest BCUT2D eigenvalue weighted by Crippen LogP contribution is -2.24. The van der Waals surface area contributed by atoms with Crippen LogP contribution in [0.2, 0.25) is 0 Å². The zero-order chi connectivity index (χ0) is 23.0. The Morgan fingerprint density at radius 1 is 1.12 bits per heavy atom. The van der Waals surface area contributed by atoms with E-state index < -0.39 is 0 Å². The molecule has 0 spiro atoms. The molecule has 2 amide bonds. The Kier molecular flexibility index (Phi) is 7.47. The van der Waals surface area contributed by atoms with Gasteiger partial charge in [-0.1, -0.05) is 48.2 Å². The second-order valence-electron chi connectivity index (χ2n) is 7.47. The summed E-state index contributed by atoms with van der Waals surface area (Å²) >= 11 is 1.06. The number of imide groups is 1. The maximum atomic E-state index is 11.7. The summed E-state index contributed by atoms with van der Waals surface area (Å²) in [5.74, 6) is 1.55. The number of oxazole rings is 1. The molecule has 1 aliphatic heterocycles. The minimum atomic E-state index is -0.295. The van der Waals surface area contributed by atoms with Crippen molar-refractivity contribution in [2.45, 2.75) is 31.1 Å². The average Bonchev–Trinajstić information content (AvgIpc) is 3.42. The summed E-state index contributed by atoms with van der Waals surface area (Å²) < 4.78 is 16.9. The Morgan fingerprint density at radius 2 is 1.97 bits per heavy atom. The van der Waals surface area contributed by atoms with Crippen LogP contribution in [-0.2, 0) is 17.8 Å². The summed E-state index contributed by atoms with van der Waals surface area (Å²) in [4.78, 5) is 27.3. The summed E-state index contributed by atoms with van der Waals surface area (Å²) in [5.41, 5.74) is 2.82. The van der Waals surface area contributed by atoms with Crippen molar-refractivity contribution in [3.8, 4) is 11.5 Å². The van der Waals surface area contributed by atoms with Gasteiger partial charge in [0.2, 0.25) is 11.8 Å². The number of aryl methyl sites for hydroxylation is 1. The van der Waals surface area contributed by atoms with Crippen LogP contribution in [0.25, 0.3) is 12.2 Å². The molecule has 0 radical (unpaired) electrons. The van der Waals surface area contributed by atoms with Gasteiger partial charge in [-0.2, -0.15) is 0 Å². The standard InChI is InChI=1S/C25H24N2O5S/c1-30-21-14-18(8-5-9-22-24(28)27-25(29)33-22)10-12-20(21)31-15-19-16-32-23(26-19)13-11-17-6-3-2-4-7-17/h2-4,6-7,10-14,16,22H,5,8-9,15H2,1H3,(H,27,28,29)/b13-11+. The van der Waals surface area contributed by atoms with Crippen LogP contribution in [-0.4, -0.2) is 28.5 Å². The Bertz CT molecular complexity index is 1140. The van der Waals surface area contributed by atoms with Gasteiger partial charge >= 0.3 is 0 Å². The molecule has 1 saturated heterocycles. The van der Waals surface area contributed by atoms with Crippen LogP contribution in [0.15, 0.2) is 59.2 Å². The third-order valence-corrected chi connectivity index (χ3v) is 6.14. The number of thioether (sulfide) groups is 1. The van der Waals surface area contributed by atoms with Crippen molar-refractivity contribution in [2.24, 2.45) is 0 Å².